The quantitative estimate of drug-likeness (QED) is 0.0113. The number of methoxy groups -OCH3 is 3. The van der Waals surface area contributed by atoms with E-state index >= 15 is 0 Å². The maximum absolute atomic E-state index is 14.6. The third-order valence-corrected chi connectivity index (χ3v) is 20.8. The number of rotatable bonds is 49. The standard InChI is InChI=1S/C76H97N13O24S2/c1-109-58-38-49-48(36-57(58)91)66(65-47-37-59(110-2)60(111-3)39-50(47)72(102)89(67(49)65)27-15-26-88-28-30-112-31-29-88)86-87-76(108)113-32-33-114-115-43-56(74(105)106)84-71(101)55(40-64(96)97)82-68(98)51(77)41-79-69(99)53(34-44-16-9-7-10-17-44)83-70(100)54(35-45-18-11-8-12-19-45)81-62(93)20-13-5-4-6-14-25-78-61(92)23-21-46(42-90)80-75(107)85-52(73(103)104)22-24-63(94)95/h7-12,16-19,36-39,42,46,51-56,91H,4-6,13-15,20-35,40-41,43,77H2,1-3H3,(H,78,92)(H,79,99)(H,81,93)(H,82,98)(H,83,100)(H,84,101)(H,87,108)(H,94,95)(H,96,97)(H,103,104)(H,105,106)(H2,80,85,107)/b86-66+/t46-,51-,52-,53-,54-,55-,56-/m0/s1. The number of amides is 9. The molecule has 7 atom stereocenters. The number of phenolic OH excluding ortho intramolecular Hbond substituents is 1. The molecule has 0 unspecified atom stereocenters. The maximum Gasteiger partial charge on any atom is 0.427 e. The maximum atomic E-state index is 14.6. The van der Waals surface area contributed by atoms with E-state index in [0.717, 1.165) is 34.7 Å². The fraction of sp³-hybridized carbons (Fsp3) is 0.461. The van der Waals surface area contributed by atoms with Crippen molar-refractivity contribution in [2.24, 2.45) is 10.8 Å². The number of carboxylic acids is 4. The summed E-state index contributed by atoms with van der Waals surface area (Å²) in [5.41, 5.74) is 11.4. The van der Waals surface area contributed by atoms with Gasteiger partial charge in [-0.05, 0) is 67.5 Å². The summed E-state index contributed by atoms with van der Waals surface area (Å²) < 4.78 is 29.3. The first-order valence-electron chi connectivity index (χ1n) is 37.0. The number of pyridine rings is 1. The Morgan fingerprint density at radius 1 is 0.600 bits per heavy atom. The normalized spacial score (nSPS) is 14.4. The third kappa shape index (κ3) is 28.5. The number of nitrogens with two attached hydrogens (primary N) is 1. The van der Waals surface area contributed by atoms with Crippen molar-refractivity contribution < 1.29 is 112 Å². The predicted molar refractivity (Wildman–Crippen MR) is 421 cm³/mol. The van der Waals surface area contributed by atoms with Gasteiger partial charge in [0, 0.05) is 105 Å². The van der Waals surface area contributed by atoms with Crippen molar-refractivity contribution in [2.45, 2.75) is 139 Å². The molecule has 4 aromatic carbocycles. The van der Waals surface area contributed by atoms with E-state index in [1.54, 1.807) is 83.4 Å². The number of carboxylic acid groups (broad SMARTS) is 4. The fourth-order valence-corrected chi connectivity index (χ4v) is 14.4. The molecular weight excluding hydrogens is 1540 g/mol. The highest BCUT2D eigenvalue weighted by Gasteiger charge is 2.36. The first kappa shape index (κ1) is 90.6. The minimum absolute atomic E-state index is 0.0182. The zero-order valence-corrected chi connectivity index (χ0v) is 65.2. The smallest absolute Gasteiger partial charge is 0.427 e. The molecule has 37 nitrogen and oxygen atoms in total. The van der Waals surface area contributed by atoms with Gasteiger partial charge in [0.1, 0.15) is 54.9 Å². The number of hydrogen-bond acceptors (Lipinski definition) is 25. The van der Waals surface area contributed by atoms with Gasteiger partial charge in [-0.1, -0.05) is 102 Å². The molecule has 1 aliphatic carbocycles. The SMILES string of the molecule is COc1cc2c(cc1O)/C(=N\NC(=O)OCCSSC[C@H](NC(=O)[C@H](CC(=O)O)NC(=O)[C@@H](N)CNC(=O)[C@H](Cc1ccccc1)NC(=O)[C@H](Cc1ccccc1)NC(=O)CCCCCCCNC(=O)CC[C@@H](C=O)NC(=O)N[C@@H](CCC(=O)O)C(=O)O)C(=O)O)c1c-2n(CCCN2CCOCC2)c(=O)c2cc(OC)c(OC)cc12. The number of benzene rings is 4. The Bertz CT molecular complexity index is 4340. The zero-order chi connectivity index (χ0) is 83.5. The van der Waals surface area contributed by atoms with E-state index in [0.29, 0.717) is 115 Å². The van der Waals surface area contributed by atoms with Gasteiger partial charge < -0.3 is 107 Å². The van der Waals surface area contributed by atoms with Crippen LogP contribution in [0, 0.1) is 0 Å². The number of ether oxygens (including phenoxy) is 5. The van der Waals surface area contributed by atoms with Gasteiger partial charge in [-0.2, -0.15) is 5.10 Å². The largest absolute Gasteiger partial charge is 0.504 e. The summed E-state index contributed by atoms with van der Waals surface area (Å²) in [4.78, 5) is 182. The molecule has 2 heterocycles. The Balaban J connectivity index is 0.877. The number of aromatic hydroxyl groups is 1. The highest BCUT2D eigenvalue weighted by molar-refractivity contribution is 8.76. The minimum atomic E-state index is -1.87. The molecule has 1 saturated heterocycles. The van der Waals surface area contributed by atoms with Crippen molar-refractivity contribution in [3.63, 3.8) is 0 Å². The van der Waals surface area contributed by atoms with Crippen molar-refractivity contribution in [3.05, 3.63) is 118 Å². The summed E-state index contributed by atoms with van der Waals surface area (Å²) in [5, 5.41) is 73.9. The molecule has 0 bridgehead atoms. The monoisotopic (exact) mass is 1640 g/mol. The molecule has 39 heteroatoms. The Hall–Kier alpha value is -11.6. The highest BCUT2D eigenvalue weighted by atomic mass is 33.1. The lowest BCUT2D eigenvalue weighted by molar-refractivity contribution is -0.143. The van der Waals surface area contributed by atoms with Gasteiger partial charge in [-0.25, -0.2) is 24.6 Å². The van der Waals surface area contributed by atoms with E-state index in [2.05, 4.69) is 58.0 Å². The van der Waals surface area contributed by atoms with E-state index < -0.39 is 133 Å². The molecule has 1 fully saturated rings. The number of fused-ring (bicyclic) bond motifs is 5. The van der Waals surface area contributed by atoms with E-state index in [1.807, 2.05) is 0 Å². The predicted octanol–water partition coefficient (Wildman–Crippen LogP) is 2.14. The number of aldehydes is 1. The number of urea groups is 1. The average molecular weight is 1640 g/mol. The van der Waals surface area contributed by atoms with Crippen LogP contribution in [0.4, 0.5) is 9.59 Å². The number of carbonyl (C=O) groups is 13. The van der Waals surface area contributed by atoms with Gasteiger partial charge >= 0.3 is 36.0 Å². The molecule has 0 spiro atoms. The van der Waals surface area contributed by atoms with Gasteiger partial charge in [0.2, 0.25) is 35.4 Å². The van der Waals surface area contributed by atoms with Gasteiger partial charge in [-0.3, -0.25) is 48.1 Å². The zero-order valence-electron chi connectivity index (χ0n) is 63.6. The number of hydrazone groups is 1. The van der Waals surface area contributed by atoms with Crippen molar-refractivity contribution in [2.75, 3.05) is 85.4 Å². The molecule has 115 heavy (non-hydrogen) atoms. The Morgan fingerprint density at radius 2 is 1.21 bits per heavy atom. The molecule has 7 rings (SSSR count). The third-order valence-electron chi connectivity index (χ3n) is 18.4. The van der Waals surface area contributed by atoms with E-state index in [9.17, 15) is 87.5 Å². The Labute approximate surface area is 668 Å². The van der Waals surface area contributed by atoms with E-state index in [-0.39, 0.29) is 97.9 Å². The van der Waals surface area contributed by atoms with Gasteiger partial charge in [0.25, 0.3) is 5.56 Å². The first-order chi connectivity index (χ1) is 55.2. The van der Waals surface area contributed by atoms with E-state index in [1.165, 1.54) is 27.4 Å². The molecule has 1 aliphatic heterocycles. The lowest BCUT2D eigenvalue weighted by Gasteiger charge is -2.26. The Kier molecular flexibility index (Phi) is 36.7. The molecule has 0 saturated carbocycles. The summed E-state index contributed by atoms with van der Waals surface area (Å²) in [6, 6.07) is 12.2. The van der Waals surface area contributed by atoms with Crippen LogP contribution < -0.4 is 73.5 Å². The van der Waals surface area contributed by atoms with Crippen LogP contribution in [0.15, 0.2) is 94.8 Å². The van der Waals surface area contributed by atoms with Crippen LogP contribution in [-0.4, -0.2) is 246 Å². The van der Waals surface area contributed by atoms with Gasteiger partial charge in [0.05, 0.1) is 58.1 Å². The summed E-state index contributed by atoms with van der Waals surface area (Å²) in [7, 11) is 6.27. The second kappa shape index (κ2) is 46.6. The van der Waals surface area contributed by atoms with Crippen molar-refractivity contribution >= 4 is 116 Å². The molecular formula is C76H97N13O24S2. The van der Waals surface area contributed by atoms with Crippen LogP contribution in [0.25, 0.3) is 22.0 Å². The first-order valence-corrected chi connectivity index (χ1v) is 39.5. The molecule has 9 amide bonds. The van der Waals surface area contributed by atoms with Crippen LogP contribution >= 0.6 is 21.6 Å². The van der Waals surface area contributed by atoms with Gasteiger partial charge in [0.15, 0.2) is 23.0 Å². The molecule has 0 radical (unpaired) electrons. The van der Waals surface area contributed by atoms with Crippen LogP contribution in [0.3, 0.4) is 0 Å². The number of nitrogens with zero attached hydrogens (tertiary/aromatic N) is 3. The highest BCUT2D eigenvalue weighted by Crippen LogP contribution is 2.46. The van der Waals surface area contributed by atoms with Crippen LogP contribution in [0.1, 0.15) is 99.3 Å². The van der Waals surface area contributed by atoms with Crippen LogP contribution in [-0.2, 0) is 81.6 Å². The van der Waals surface area contributed by atoms with Crippen molar-refractivity contribution in [1.82, 2.24) is 57.4 Å². The van der Waals surface area contributed by atoms with E-state index in [4.69, 9.17) is 34.5 Å². The summed E-state index contributed by atoms with van der Waals surface area (Å²) in [6.07, 6.45) is 0.686. The lowest BCUT2D eigenvalue weighted by Crippen LogP contribution is -2.58. The second-order valence-corrected chi connectivity index (χ2v) is 29.3. The molecule has 16 N–H and O–H groups in total. The lowest BCUT2D eigenvalue weighted by atomic mass is 10.0. The summed E-state index contributed by atoms with van der Waals surface area (Å²) in [6.45, 7) is 3.03. The molecule has 622 valence electrons. The average Bonchev–Trinajstić information content (AvgIpc) is 1.56. The number of carbonyl (C=O) groups excluding carboxylic acids is 9. The molecule has 1 aromatic heterocycles. The summed E-state index contributed by atoms with van der Waals surface area (Å²) >= 11 is 0. The van der Waals surface area contributed by atoms with Crippen molar-refractivity contribution in [1.29, 1.82) is 0 Å². The number of phenols is 1. The number of aliphatic carboxylic acids is 4. The number of morpholine rings is 1. The van der Waals surface area contributed by atoms with Crippen LogP contribution in [0.5, 0.6) is 23.0 Å². The van der Waals surface area contributed by atoms with Crippen LogP contribution in [0.2, 0.25) is 0 Å². The minimum Gasteiger partial charge on any atom is -0.504 e. The second-order valence-electron chi connectivity index (χ2n) is 26.7. The fourth-order valence-electron chi connectivity index (χ4n) is 12.4. The molecule has 5 aromatic rings. The summed E-state index contributed by atoms with van der Waals surface area (Å²) in [5.74, 6) is -10.3. The number of aromatic nitrogens is 1. The Morgan fingerprint density at radius 3 is 1.83 bits per heavy atom. The topological polar surface area (TPSA) is 541 Å². The number of nitrogens with one attached hydrogen (secondary N) is 9. The van der Waals surface area contributed by atoms with Crippen molar-refractivity contribution in [3.8, 4) is 34.3 Å². The van der Waals surface area contributed by atoms with Gasteiger partial charge in [-0.15, -0.1) is 0 Å². The number of unbranched alkanes of at least 4 members (excludes halogenated alkanes) is 4. The number of hydrogen-bond donors (Lipinski definition) is 15. The molecule has 2 aliphatic rings.